The predicted octanol–water partition coefficient (Wildman–Crippen LogP) is 4.74. The SMILES string of the molecule is CC(C)CN1CCC2(CCCN(C(=O)c3ccc(CN(CC4=NC=CC4)Cc4ncc[nH]4)cc3)C2)CC1. The Hall–Kier alpha value is -2.77. The maximum atomic E-state index is 13.5. The van der Waals surface area contributed by atoms with Gasteiger partial charge in [-0.05, 0) is 67.8 Å². The Morgan fingerprint density at radius 2 is 1.89 bits per heavy atom. The molecule has 5 rings (SSSR count). The predicted molar refractivity (Wildman–Crippen MR) is 148 cm³/mol. The van der Waals surface area contributed by atoms with Crippen molar-refractivity contribution in [3.05, 3.63) is 65.9 Å². The van der Waals surface area contributed by atoms with E-state index in [0.29, 0.717) is 11.3 Å². The number of allylic oxidation sites excluding steroid dienone is 1. The number of amides is 1. The van der Waals surface area contributed by atoms with E-state index in [9.17, 15) is 4.79 Å². The second kappa shape index (κ2) is 11.7. The van der Waals surface area contributed by atoms with Crippen LogP contribution in [0, 0.1) is 11.3 Å². The lowest BCUT2D eigenvalue weighted by Gasteiger charge is -2.48. The molecule has 0 atom stereocenters. The van der Waals surface area contributed by atoms with Gasteiger partial charge in [0.15, 0.2) is 0 Å². The van der Waals surface area contributed by atoms with E-state index in [1.807, 2.05) is 24.5 Å². The van der Waals surface area contributed by atoms with E-state index in [1.54, 1.807) is 6.20 Å². The van der Waals surface area contributed by atoms with Crippen LogP contribution in [0.2, 0.25) is 0 Å². The minimum Gasteiger partial charge on any atom is -0.348 e. The highest BCUT2D eigenvalue weighted by molar-refractivity contribution is 5.94. The van der Waals surface area contributed by atoms with Crippen LogP contribution in [0.4, 0.5) is 0 Å². The number of imidazole rings is 1. The quantitative estimate of drug-likeness (QED) is 0.538. The molecule has 0 aliphatic carbocycles. The summed E-state index contributed by atoms with van der Waals surface area (Å²) in [7, 11) is 0. The number of rotatable bonds is 9. The molecule has 1 aromatic heterocycles. The van der Waals surface area contributed by atoms with Crippen LogP contribution in [0.15, 0.2) is 53.9 Å². The summed E-state index contributed by atoms with van der Waals surface area (Å²) in [5, 5.41) is 0. The van der Waals surface area contributed by atoms with Gasteiger partial charge in [-0.2, -0.15) is 0 Å². The number of hydrogen-bond acceptors (Lipinski definition) is 5. The minimum absolute atomic E-state index is 0.189. The molecule has 0 radical (unpaired) electrons. The Morgan fingerprint density at radius 1 is 1.08 bits per heavy atom. The van der Waals surface area contributed by atoms with Crippen LogP contribution in [0.1, 0.15) is 67.7 Å². The fourth-order valence-electron chi connectivity index (χ4n) is 6.24. The topological polar surface area (TPSA) is 67.8 Å². The summed E-state index contributed by atoms with van der Waals surface area (Å²) < 4.78 is 0. The van der Waals surface area contributed by atoms with Crippen molar-refractivity contribution in [3.63, 3.8) is 0 Å². The lowest BCUT2D eigenvalue weighted by atomic mass is 9.72. The molecule has 1 aromatic carbocycles. The van der Waals surface area contributed by atoms with Crippen molar-refractivity contribution in [2.24, 2.45) is 16.3 Å². The van der Waals surface area contributed by atoms with Gasteiger partial charge >= 0.3 is 0 Å². The molecule has 3 aliphatic rings. The van der Waals surface area contributed by atoms with Gasteiger partial charge in [-0.25, -0.2) is 4.98 Å². The highest BCUT2D eigenvalue weighted by Gasteiger charge is 2.39. The summed E-state index contributed by atoms with van der Waals surface area (Å²) in [4.78, 5) is 32.7. The largest absolute Gasteiger partial charge is 0.348 e. The maximum Gasteiger partial charge on any atom is 0.253 e. The van der Waals surface area contributed by atoms with Gasteiger partial charge in [-0.1, -0.05) is 32.1 Å². The van der Waals surface area contributed by atoms with Crippen molar-refractivity contribution in [1.82, 2.24) is 24.7 Å². The van der Waals surface area contributed by atoms with Crippen LogP contribution in [0.3, 0.4) is 0 Å². The zero-order valence-electron chi connectivity index (χ0n) is 22.5. The molecular weight excluding hydrogens is 460 g/mol. The molecule has 7 nitrogen and oxygen atoms in total. The highest BCUT2D eigenvalue weighted by atomic mass is 16.2. The zero-order chi connectivity index (χ0) is 25.7. The summed E-state index contributed by atoms with van der Waals surface area (Å²) in [6.45, 7) is 12.3. The fraction of sp³-hybridized carbons (Fsp3) is 0.567. The molecule has 0 unspecified atom stereocenters. The Bertz CT molecular complexity index is 1080. The molecule has 1 N–H and O–H groups in total. The molecule has 2 fully saturated rings. The van der Waals surface area contributed by atoms with Gasteiger partial charge in [0.25, 0.3) is 5.91 Å². The molecule has 1 amide bonds. The Kier molecular flexibility index (Phi) is 8.20. The van der Waals surface area contributed by atoms with E-state index in [1.165, 1.54) is 50.2 Å². The Morgan fingerprint density at radius 3 is 2.57 bits per heavy atom. The average molecular weight is 503 g/mol. The van der Waals surface area contributed by atoms with Gasteiger partial charge < -0.3 is 14.8 Å². The van der Waals surface area contributed by atoms with Crippen LogP contribution in [-0.2, 0) is 13.1 Å². The summed E-state index contributed by atoms with van der Waals surface area (Å²) >= 11 is 0. The van der Waals surface area contributed by atoms with Crippen molar-refractivity contribution in [1.29, 1.82) is 0 Å². The van der Waals surface area contributed by atoms with E-state index < -0.39 is 0 Å². The second-order valence-electron chi connectivity index (χ2n) is 11.7. The van der Waals surface area contributed by atoms with Crippen LogP contribution in [0.5, 0.6) is 0 Å². The smallest absolute Gasteiger partial charge is 0.253 e. The third-order valence-electron chi connectivity index (χ3n) is 8.15. The first kappa shape index (κ1) is 25.9. The number of carbonyl (C=O) groups is 1. The Balaban J connectivity index is 1.19. The summed E-state index contributed by atoms with van der Waals surface area (Å²) in [5.41, 5.74) is 3.49. The lowest BCUT2D eigenvalue weighted by molar-refractivity contribution is 0.0193. The molecule has 1 spiro atoms. The highest BCUT2D eigenvalue weighted by Crippen LogP contribution is 2.40. The molecule has 7 heteroatoms. The first-order valence-electron chi connectivity index (χ1n) is 14.0. The van der Waals surface area contributed by atoms with Crippen molar-refractivity contribution in [3.8, 4) is 0 Å². The first-order valence-corrected chi connectivity index (χ1v) is 14.0. The first-order chi connectivity index (χ1) is 18.0. The van der Waals surface area contributed by atoms with Crippen molar-refractivity contribution in [2.75, 3.05) is 39.3 Å². The number of nitrogens with zero attached hydrogens (tertiary/aromatic N) is 5. The maximum absolute atomic E-state index is 13.5. The fourth-order valence-corrected chi connectivity index (χ4v) is 6.24. The van der Waals surface area contributed by atoms with Gasteiger partial charge in [-0.3, -0.25) is 14.7 Å². The van der Waals surface area contributed by atoms with Gasteiger partial charge in [0.2, 0.25) is 0 Å². The van der Waals surface area contributed by atoms with Crippen molar-refractivity contribution in [2.45, 2.75) is 59.0 Å². The molecule has 0 saturated carbocycles. The number of piperidine rings is 2. The third kappa shape index (κ3) is 6.76. The monoisotopic (exact) mass is 502 g/mol. The van der Waals surface area contributed by atoms with Crippen LogP contribution in [-0.4, -0.2) is 75.6 Å². The molecule has 198 valence electrons. The number of H-pyrrole nitrogens is 1. The number of aliphatic imine (C=N–C) groups is 1. The van der Waals surface area contributed by atoms with Gasteiger partial charge in [0, 0.05) is 69.0 Å². The summed E-state index contributed by atoms with van der Waals surface area (Å²) in [6, 6.07) is 8.26. The number of hydrogen-bond donors (Lipinski definition) is 1. The Labute approximate surface area is 221 Å². The second-order valence-corrected chi connectivity index (χ2v) is 11.7. The standard InChI is InChI=1S/C30H42N6O/c1-24(2)19-34-17-11-30(12-18-34)10-4-16-36(23-30)29(37)26-8-6-25(7-9-26)20-35(21-27-5-3-13-31-27)22-28-32-14-15-33-28/h3,6-9,13-15,24H,4-5,10-12,16-23H2,1-2H3,(H,32,33). The van der Waals surface area contributed by atoms with E-state index in [4.69, 9.17) is 0 Å². The molecule has 4 heterocycles. The molecule has 2 aromatic rings. The molecular formula is C30H42N6O. The molecule has 3 aliphatic heterocycles. The molecule has 2 saturated heterocycles. The molecule has 0 bridgehead atoms. The van der Waals surface area contributed by atoms with Crippen LogP contribution < -0.4 is 0 Å². The lowest BCUT2D eigenvalue weighted by Crippen LogP contribution is -2.51. The van der Waals surface area contributed by atoms with Crippen molar-refractivity contribution < 1.29 is 4.79 Å². The number of benzene rings is 1. The number of likely N-dealkylation sites (tertiary alicyclic amines) is 2. The summed E-state index contributed by atoms with van der Waals surface area (Å²) in [5.74, 6) is 1.86. The minimum atomic E-state index is 0.189. The normalized spacial score (nSPS) is 19.8. The van der Waals surface area contributed by atoms with E-state index in [-0.39, 0.29) is 5.91 Å². The van der Waals surface area contributed by atoms with Gasteiger partial charge in [0.05, 0.1) is 6.54 Å². The molecule has 37 heavy (non-hydrogen) atoms. The van der Waals surface area contributed by atoms with E-state index in [0.717, 1.165) is 57.0 Å². The van der Waals surface area contributed by atoms with E-state index >= 15 is 0 Å². The number of aromatic amines is 1. The zero-order valence-corrected chi connectivity index (χ0v) is 22.5. The number of aromatic nitrogens is 2. The van der Waals surface area contributed by atoms with Gasteiger partial charge in [-0.15, -0.1) is 0 Å². The van der Waals surface area contributed by atoms with Crippen LogP contribution in [0.25, 0.3) is 0 Å². The van der Waals surface area contributed by atoms with Crippen molar-refractivity contribution >= 4 is 11.6 Å². The average Bonchev–Trinajstić information content (AvgIpc) is 3.60. The number of carbonyl (C=O) groups excluding carboxylic acids is 1. The van der Waals surface area contributed by atoms with Gasteiger partial charge in [0.1, 0.15) is 5.82 Å². The third-order valence-corrected chi connectivity index (χ3v) is 8.15. The number of nitrogens with one attached hydrogen (secondary N) is 1. The van der Waals surface area contributed by atoms with Crippen LogP contribution >= 0.6 is 0 Å². The summed E-state index contributed by atoms with van der Waals surface area (Å²) in [6.07, 6.45) is 13.4. The van der Waals surface area contributed by atoms with E-state index in [2.05, 4.69) is 61.7 Å².